The molecule has 0 radical (unpaired) electrons. The van der Waals surface area contributed by atoms with Gasteiger partial charge in [-0.2, -0.15) is 64.8 Å². The van der Waals surface area contributed by atoms with E-state index in [1.807, 2.05) is 3.63 Å². The van der Waals surface area contributed by atoms with Gasteiger partial charge >= 0.3 is 46.9 Å². The number of alkyl halides is 9. The Balaban J connectivity index is 0.000000565. The maximum atomic E-state index is 11.9. The largest absolute Gasteiger partial charge is 0.534 e. The van der Waals surface area contributed by atoms with E-state index in [4.69, 9.17) is 0 Å². The summed E-state index contributed by atoms with van der Waals surface area (Å²) in [5, 5.41) is 0. The molecule has 0 N–H and O–H groups in total. The average molecular weight is 638 g/mol. The molecule has 0 aromatic rings. The lowest BCUT2D eigenvalue weighted by Gasteiger charge is -2.14. The quantitative estimate of drug-likeness (QED) is 0.192. The fourth-order valence-corrected chi connectivity index (χ4v) is 4.16. The van der Waals surface area contributed by atoms with Gasteiger partial charge in [-0.25, -0.2) is 0 Å². The number of halogens is 9. The fourth-order valence-electron chi connectivity index (χ4n) is 2.09. The maximum Gasteiger partial charge on any atom is 0.534 e. The summed E-state index contributed by atoms with van der Waals surface area (Å²) in [4.78, 5) is 31.7. The van der Waals surface area contributed by atoms with E-state index in [1.54, 1.807) is 0 Å². The van der Waals surface area contributed by atoms with E-state index in [0.29, 0.717) is 12.8 Å². The highest BCUT2D eigenvalue weighted by atomic mass is 32.3. The minimum absolute atomic E-state index is 0.0149. The molecule has 38 heavy (non-hydrogen) atoms. The first-order chi connectivity index (χ1) is 16.7. The van der Waals surface area contributed by atoms with Crippen molar-refractivity contribution >= 4 is 47.7 Å². The second-order valence-electron chi connectivity index (χ2n) is 6.89. The molecule has 11 nitrogen and oxygen atoms in total. The van der Waals surface area contributed by atoms with Crippen LogP contribution in [0.15, 0.2) is 11.8 Å². The van der Waals surface area contributed by atoms with Crippen LogP contribution in [-0.2, 0) is 52.6 Å². The molecule has 2 aliphatic carbocycles. The standard InChI is InChI=1S/C7H7F3O4S.C6H8O2.C2F6O5S2/c8-7(9,10)15(12,13)14-6-3-1-2-5(11)4-6;7-5-2-1-3-6(8)4-5;3-1(4,5)14(9,10)13-15(11,12)2(6,7)8/h4H,1-3H2;1-4H2;. The smallest absolute Gasteiger partial charge is 0.380 e. The highest BCUT2D eigenvalue weighted by Crippen LogP contribution is 2.32. The van der Waals surface area contributed by atoms with Gasteiger partial charge in [-0.3, -0.25) is 14.4 Å². The third kappa shape index (κ3) is 11.6. The van der Waals surface area contributed by atoms with Crippen LogP contribution >= 0.6 is 0 Å². The number of hydrogen-bond donors (Lipinski definition) is 0. The molecule has 0 amide bonds. The zero-order valence-corrected chi connectivity index (χ0v) is 20.6. The molecular formula is C15H15F9O11S3. The van der Waals surface area contributed by atoms with E-state index in [2.05, 4.69) is 4.18 Å². The second-order valence-corrected chi connectivity index (χ2v) is 11.7. The molecule has 0 spiro atoms. The zero-order valence-electron chi connectivity index (χ0n) is 18.1. The summed E-state index contributed by atoms with van der Waals surface area (Å²) in [5.74, 6) is -0.667. The van der Waals surface area contributed by atoms with Crippen LogP contribution in [0.1, 0.15) is 44.9 Å². The Hall–Kier alpha value is -2.27. The van der Waals surface area contributed by atoms with Crippen LogP contribution in [0.3, 0.4) is 0 Å². The SMILES string of the molecule is O=C1C=C(OS(=O)(=O)C(F)(F)F)CCC1.O=C1CCCC(=O)C1.O=S(=O)(OS(=O)(=O)C(F)(F)F)C(F)(F)F. The van der Waals surface area contributed by atoms with Crippen molar-refractivity contribution in [3.8, 4) is 0 Å². The van der Waals surface area contributed by atoms with Crippen molar-refractivity contribution in [3.63, 3.8) is 0 Å². The van der Waals surface area contributed by atoms with Gasteiger partial charge in [0.1, 0.15) is 17.3 Å². The third-order valence-electron chi connectivity index (χ3n) is 3.72. The lowest BCUT2D eigenvalue weighted by molar-refractivity contribution is -0.129. The Morgan fingerprint density at radius 2 is 0.947 bits per heavy atom. The van der Waals surface area contributed by atoms with Gasteiger partial charge in [-0.05, 0) is 12.8 Å². The molecule has 2 rings (SSSR count). The predicted molar refractivity (Wildman–Crippen MR) is 103 cm³/mol. The first-order valence-corrected chi connectivity index (χ1v) is 13.6. The van der Waals surface area contributed by atoms with Gasteiger partial charge in [0.05, 0.1) is 6.42 Å². The van der Waals surface area contributed by atoms with Crippen molar-refractivity contribution in [1.29, 1.82) is 0 Å². The van der Waals surface area contributed by atoms with Crippen molar-refractivity contribution in [3.05, 3.63) is 11.8 Å². The summed E-state index contributed by atoms with van der Waals surface area (Å²) >= 11 is 0. The van der Waals surface area contributed by atoms with E-state index >= 15 is 0 Å². The van der Waals surface area contributed by atoms with Crippen molar-refractivity contribution in [2.45, 2.75) is 61.5 Å². The molecule has 0 atom stereocenters. The Morgan fingerprint density at radius 3 is 1.24 bits per heavy atom. The van der Waals surface area contributed by atoms with Gasteiger partial charge < -0.3 is 4.18 Å². The number of ketones is 3. The van der Waals surface area contributed by atoms with Crippen LogP contribution in [0.4, 0.5) is 39.5 Å². The Kier molecular flexibility index (Phi) is 12.0. The number of allylic oxidation sites excluding steroid dienone is 2. The molecule has 0 bridgehead atoms. The Labute approximate surface area is 208 Å². The first kappa shape index (κ1) is 35.7. The molecule has 2 aliphatic rings. The van der Waals surface area contributed by atoms with E-state index in [1.165, 1.54) is 0 Å². The van der Waals surface area contributed by atoms with Gasteiger partial charge in [0.2, 0.25) is 0 Å². The highest BCUT2D eigenvalue weighted by Gasteiger charge is 2.57. The number of carbonyl (C=O) groups excluding carboxylic acids is 3. The molecule has 0 aromatic heterocycles. The van der Waals surface area contributed by atoms with Crippen molar-refractivity contribution in [2.75, 3.05) is 0 Å². The van der Waals surface area contributed by atoms with Crippen LogP contribution in [0.2, 0.25) is 0 Å². The number of carbonyl (C=O) groups is 3. The van der Waals surface area contributed by atoms with Crippen LogP contribution in [0.5, 0.6) is 0 Å². The van der Waals surface area contributed by atoms with Gasteiger partial charge in [-0.15, -0.1) is 3.63 Å². The van der Waals surface area contributed by atoms with E-state index < -0.39 is 58.4 Å². The molecule has 23 heteroatoms. The van der Waals surface area contributed by atoms with Crippen LogP contribution in [-0.4, -0.2) is 59.1 Å². The maximum absolute atomic E-state index is 11.9. The van der Waals surface area contributed by atoms with Gasteiger partial charge in [-0.1, -0.05) is 0 Å². The van der Waals surface area contributed by atoms with Gasteiger partial charge in [0, 0.05) is 31.8 Å². The lowest BCUT2D eigenvalue weighted by atomic mass is 9.98. The topological polar surface area (TPSA) is 172 Å². The van der Waals surface area contributed by atoms with Crippen molar-refractivity contribution in [2.24, 2.45) is 0 Å². The molecule has 222 valence electrons. The van der Waals surface area contributed by atoms with Gasteiger partial charge in [0.15, 0.2) is 5.78 Å². The second kappa shape index (κ2) is 12.7. The van der Waals surface area contributed by atoms with Gasteiger partial charge in [0.25, 0.3) is 0 Å². The molecular weight excluding hydrogens is 623 g/mol. The zero-order chi connectivity index (χ0) is 30.4. The lowest BCUT2D eigenvalue weighted by Crippen LogP contribution is -2.34. The van der Waals surface area contributed by atoms with E-state index in [-0.39, 0.29) is 37.2 Å². The normalized spacial score (nSPS) is 17.9. The molecule has 1 fully saturated rings. The summed E-state index contributed by atoms with van der Waals surface area (Å²) < 4.78 is 170. The van der Waals surface area contributed by atoms with Crippen molar-refractivity contribution < 1.29 is 87.0 Å². The van der Waals surface area contributed by atoms with E-state index in [9.17, 15) is 79.2 Å². The fraction of sp³-hybridized carbons (Fsp3) is 0.667. The summed E-state index contributed by atoms with van der Waals surface area (Å²) in [7, 11) is -19.3. The molecule has 0 heterocycles. The van der Waals surface area contributed by atoms with Crippen molar-refractivity contribution in [1.82, 2.24) is 0 Å². The third-order valence-corrected chi connectivity index (χ3v) is 7.29. The molecule has 0 unspecified atom stereocenters. The number of rotatable bonds is 4. The minimum atomic E-state index is -6.85. The summed E-state index contributed by atoms with van der Waals surface area (Å²) in [6, 6.07) is 0. The summed E-state index contributed by atoms with van der Waals surface area (Å²) in [6.07, 6.45) is 3.49. The molecule has 0 aliphatic heterocycles. The monoisotopic (exact) mass is 638 g/mol. The minimum Gasteiger partial charge on any atom is -0.380 e. The van der Waals surface area contributed by atoms with E-state index in [0.717, 1.165) is 12.5 Å². The number of Topliss-reactive ketones (excluding diaryl/α,β-unsaturated/α-hetero) is 2. The van der Waals surface area contributed by atoms with Crippen LogP contribution < -0.4 is 0 Å². The van der Waals surface area contributed by atoms with Crippen LogP contribution in [0, 0.1) is 0 Å². The molecule has 1 saturated carbocycles. The Morgan fingerprint density at radius 1 is 0.579 bits per heavy atom. The average Bonchev–Trinajstić information content (AvgIpc) is 2.65. The first-order valence-electron chi connectivity index (χ1n) is 9.33. The predicted octanol–water partition coefficient (Wildman–Crippen LogP) is 2.89. The number of hydrogen-bond acceptors (Lipinski definition) is 11. The Bertz CT molecular complexity index is 1190. The summed E-state index contributed by atoms with van der Waals surface area (Å²) in [5.41, 5.74) is -18.0. The molecule has 0 saturated heterocycles. The highest BCUT2D eigenvalue weighted by molar-refractivity contribution is 8.00. The molecule has 0 aromatic carbocycles. The van der Waals surface area contributed by atoms with Crippen LogP contribution in [0.25, 0.3) is 0 Å². The summed E-state index contributed by atoms with van der Waals surface area (Å²) in [6.45, 7) is 0.